The van der Waals surface area contributed by atoms with E-state index in [-0.39, 0.29) is 0 Å². The molecule has 0 spiro atoms. The van der Waals surface area contributed by atoms with Gasteiger partial charge in [-0.2, -0.15) is 0 Å². The van der Waals surface area contributed by atoms with Gasteiger partial charge in [-0.15, -0.1) is 0 Å². The van der Waals surface area contributed by atoms with E-state index in [0.29, 0.717) is 11.5 Å². The molecule has 0 atom stereocenters. The lowest BCUT2D eigenvalue weighted by Crippen LogP contribution is -2.11. The molecule has 0 radical (unpaired) electrons. The third kappa shape index (κ3) is 26.1. The van der Waals surface area contributed by atoms with Gasteiger partial charge < -0.3 is 0 Å². The number of rotatable bonds is 26. The molecule has 0 aliphatic carbocycles. The maximum atomic E-state index is 12.2. The van der Waals surface area contributed by atoms with Gasteiger partial charge in [-0.05, 0) is 12.8 Å². The van der Waals surface area contributed by atoms with Crippen molar-refractivity contribution in [3.63, 3.8) is 0 Å². The van der Waals surface area contributed by atoms with E-state index in [1.807, 2.05) is 0 Å². The van der Waals surface area contributed by atoms with Gasteiger partial charge in [0.05, 0.1) is 11.5 Å². The molecule has 0 aliphatic rings. The Morgan fingerprint density at radius 1 is 0.323 bits per heavy atom. The second-order valence-electron chi connectivity index (χ2n) is 9.93. The summed E-state index contributed by atoms with van der Waals surface area (Å²) < 4.78 is 24.4. The highest BCUT2D eigenvalue weighted by atomic mass is 32.2. The van der Waals surface area contributed by atoms with Crippen LogP contribution in [0.4, 0.5) is 0 Å². The van der Waals surface area contributed by atoms with Crippen LogP contribution in [0.25, 0.3) is 0 Å². The molecule has 0 bridgehead atoms. The molecular formula is C28H58O2S. The van der Waals surface area contributed by atoms with Crippen molar-refractivity contribution < 1.29 is 8.42 Å². The van der Waals surface area contributed by atoms with Crippen LogP contribution in [0.2, 0.25) is 0 Å². The van der Waals surface area contributed by atoms with Crippen LogP contribution < -0.4 is 0 Å². The zero-order valence-electron chi connectivity index (χ0n) is 21.6. The van der Waals surface area contributed by atoms with E-state index in [2.05, 4.69) is 13.8 Å². The number of sulfone groups is 1. The third-order valence-electron chi connectivity index (χ3n) is 6.62. The Morgan fingerprint density at radius 3 is 0.742 bits per heavy atom. The standard InChI is InChI=1S/C28H58O2S/c1-3-5-7-9-11-13-15-17-19-21-23-25-27-31(29,30)28-26-24-22-20-18-16-14-12-10-8-6-4-2/h3-28H2,1-2H3. The fraction of sp³-hybridized carbons (Fsp3) is 1.00. The highest BCUT2D eigenvalue weighted by molar-refractivity contribution is 7.91. The molecule has 31 heavy (non-hydrogen) atoms. The van der Waals surface area contributed by atoms with Crippen LogP contribution in [0, 0.1) is 0 Å². The smallest absolute Gasteiger partial charge is 0.150 e. The van der Waals surface area contributed by atoms with E-state index in [1.54, 1.807) is 0 Å². The van der Waals surface area contributed by atoms with E-state index in [9.17, 15) is 8.42 Å². The van der Waals surface area contributed by atoms with E-state index in [0.717, 1.165) is 25.7 Å². The van der Waals surface area contributed by atoms with Crippen molar-refractivity contribution in [2.24, 2.45) is 0 Å². The van der Waals surface area contributed by atoms with Crippen LogP contribution in [-0.2, 0) is 9.84 Å². The second-order valence-corrected chi connectivity index (χ2v) is 12.2. The van der Waals surface area contributed by atoms with Crippen LogP contribution in [0.15, 0.2) is 0 Å². The molecule has 0 saturated heterocycles. The first kappa shape index (κ1) is 30.9. The lowest BCUT2D eigenvalue weighted by Gasteiger charge is -2.06. The molecule has 0 heterocycles. The Morgan fingerprint density at radius 2 is 0.516 bits per heavy atom. The normalized spacial score (nSPS) is 11.9. The Labute approximate surface area is 197 Å². The van der Waals surface area contributed by atoms with Crippen LogP contribution in [0.1, 0.15) is 168 Å². The molecule has 0 aromatic heterocycles. The van der Waals surface area contributed by atoms with Gasteiger partial charge in [-0.25, -0.2) is 8.42 Å². The predicted octanol–water partition coefficient (Wildman–Crippen LogP) is 9.80. The van der Waals surface area contributed by atoms with Crippen molar-refractivity contribution in [1.29, 1.82) is 0 Å². The van der Waals surface area contributed by atoms with Crippen molar-refractivity contribution in [3.8, 4) is 0 Å². The van der Waals surface area contributed by atoms with E-state index in [4.69, 9.17) is 0 Å². The molecule has 0 fully saturated rings. The molecule has 2 nitrogen and oxygen atoms in total. The molecule has 0 N–H and O–H groups in total. The summed E-state index contributed by atoms with van der Waals surface area (Å²) in [6.45, 7) is 4.54. The first-order chi connectivity index (χ1) is 15.1. The maximum absolute atomic E-state index is 12.2. The molecule has 3 heteroatoms. The minimum absolute atomic E-state index is 0.419. The highest BCUT2D eigenvalue weighted by Crippen LogP contribution is 2.14. The van der Waals surface area contributed by atoms with Gasteiger partial charge in [0.2, 0.25) is 0 Å². The summed E-state index contributed by atoms with van der Waals surface area (Å²) in [4.78, 5) is 0. The van der Waals surface area contributed by atoms with E-state index in [1.165, 1.54) is 128 Å². The molecule has 0 unspecified atom stereocenters. The van der Waals surface area contributed by atoms with E-state index >= 15 is 0 Å². The zero-order chi connectivity index (χ0) is 22.9. The first-order valence-electron chi connectivity index (χ1n) is 14.3. The highest BCUT2D eigenvalue weighted by Gasteiger charge is 2.09. The molecule has 0 amide bonds. The Hall–Kier alpha value is -0.0500. The average molecular weight is 459 g/mol. The molecule has 0 aliphatic heterocycles. The number of hydrogen-bond acceptors (Lipinski definition) is 2. The largest absolute Gasteiger partial charge is 0.229 e. The summed E-state index contributed by atoms with van der Waals surface area (Å²) in [6, 6.07) is 0. The SMILES string of the molecule is CCCCCCCCCCCCCCS(=O)(=O)CCCCCCCCCCCCCC. The summed E-state index contributed by atoms with van der Waals surface area (Å²) >= 11 is 0. The van der Waals surface area contributed by atoms with Crippen molar-refractivity contribution >= 4 is 9.84 Å². The third-order valence-corrected chi connectivity index (χ3v) is 8.44. The van der Waals surface area contributed by atoms with Crippen molar-refractivity contribution in [2.75, 3.05) is 11.5 Å². The van der Waals surface area contributed by atoms with Gasteiger partial charge in [-0.3, -0.25) is 0 Å². The summed E-state index contributed by atoms with van der Waals surface area (Å²) in [7, 11) is -2.81. The average Bonchev–Trinajstić information content (AvgIpc) is 2.75. The second kappa shape index (κ2) is 24.6. The van der Waals surface area contributed by atoms with Gasteiger partial charge in [-0.1, -0.05) is 155 Å². The number of hydrogen-bond donors (Lipinski definition) is 0. The van der Waals surface area contributed by atoms with Gasteiger partial charge >= 0.3 is 0 Å². The summed E-state index contributed by atoms with van der Waals surface area (Å²) in [5.41, 5.74) is 0. The lowest BCUT2D eigenvalue weighted by atomic mass is 10.1. The monoisotopic (exact) mass is 458 g/mol. The summed E-state index contributed by atoms with van der Waals surface area (Å²) in [5.74, 6) is 0.838. The van der Waals surface area contributed by atoms with Crippen molar-refractivity contribution in [3.05, 3.63) is 0 Å². The maximum Gasteiger partial charge on any atom is 0.150 e. The molecule has 0 saturated carbocycles. The van der Waals surface area contributed by atoms with Gasteiger partial charge in [0.1, 0.15) is 9.84 Å². The van der Waals surface area contributed by atoms with Crippen molar-refractivity contribution in [2.45, 2.75) is 168 Å². The molecule has 0 rings (SSSR count). The Kier molecular flexibility index (Phi) is 24.5. The zero-order valence-corrected chi connectivity index (χ0v) is 22.4. The van der Waals surface area contributed by atoms with Gasteiger partial charge in [0.25, 0.3) is 0 Å². The van der Waals surface area contributed by atoms with Crippen LogP contribution in [-0.4, -0.2) is 19.9 Å². The Balaban J connectivity index is 3.31. The minimum Gasteiger partial charge on any atom is -0.229 e. The van der Waals surface area contributed by atoms with Gasteiger partial charge in [0.15, 0.2) is 0 Å². The fourth-order valence-electron chi connectivity index (χ4n) is 4.43. The summed E-state index contributed by atoms with van der Waals surface area (Å²) in [5, 5.41) is 0. The number of unbranched alkanes of at least 4 members (excludes halogenated alkanes) is 22. The fourth-order valence-corrected chi connectivity index (χ4v) is 5.92. The molecular weight excluding hydrogens is 400 g/mol. The molecule has 188 valence electrons. The quantitative estimate of drug-likeness (QED) is 0.121. The van der Waals surface area contributed by atoms with Gasteiger partial charge in [0, 0.05) is 0 Å². The predicted molar refractivity (Wildman–Crippen MR) is 141 cm³/mol. The molecule has 0 aromatic carbocycles. The van der Waals surface area contributed by atoms with Crippen LogP contribution in [0.3, 0.4) is 0 Å². The van der Waals surface area contributed by atoms with E-state index < -0.39 is 9.84 Å². The first-order valence-corrected chi connectivity index (χ1v) is 16.1. The topological polar surface area (TPSA) is 34.1 Å². The Bertz CT molecular complexity index is 396. The minimum atomic E-state index is -2.81. The van der Waals surface area contributed by atoms with Crippen molar-refractivity contribution in [1.82, 2.24) is 0 Å². The van der Waals surface area contributed by atoms with Crippen LogP contribution in [0.5, 0.6) is 0 Å². The lowest BCUT2D eigenvalue weighted by molar-refractivity contribution is 0.542. The summed E-state index contributed by atoms with van der Waals surface area (Å²) in [6.07, 6.45) is 31.0. The van der Waals surface area contributed by atoms with Crippen LogP contribution >= 0.6 is 0 Å². The molecule has 0 aromatic rings.